The maximum atomic E-state index is 4.75. The lowest BCUT2D eigenvalue weighted by Gasteiger charge is -1.88. The van der Waals surface area contributed by atoms with Crippen molar-refractivity contribution in [3.8, 4) is 0 Å². The molecule has 1 aromatic rings. The summed E-state index contributed by atoms with van der Waals surface area (Å²) in [5.74, 6) is 0. The van der Waals surface area contributed by atoms with Gasteiger partial charge in [0.1, 0.15) is 12.3 Å². The van der Waals surface area contributed by atoms with Crippen molar-refractivity contribution in [1.29, 1.82) is 0 Å². The number of H-pyrrole nitrogens is 1. The summed E-state index contributed by atoms with van der Waals surface area (Å²) in [6.45, 7) is 3.89. The molecule has 1 N–H and O–H groups in total. The quantitative estimate of drug-likeness (QED) is 0.301. The first-order valence-corrected chi connectivity index (χ1v) is 3.19. The Morgan fingerprint density at radius 3 is 3.36 bits per heavy atom. The summed E-state index contributed by atoms with van der Waals surface area (Å²) in [4.78, 5) is 4.75. The highest BCUT2D eigenvalue weighted by Crippen LogP contribution is 1.85. The molecule has 58 valence electrons. The van der Waals surface area contributed by atoms with Gasteiger partial charge >= 0.3 is 0 Å². The number of aromatic nitrogens is 2. The molecule has 0 aromatic carbocycles. The molecule has 1 heterocycles. The predicted octanol–water partition coefficient (Wildman–Crippen LogP) is 0.946. The van der Waals surface area contributed by atoms with Gasteiger partial charge in [0.15, 0.2) is 0 Å². The molecule has 0 radical (unpaired) electrons. The number of rotatable bonds is 4. The molecule has 0 atom stereocenters. The van der Waals surface area contributed by atoms with Crippen LogP contribution in [-0.2, 0) is 4.84 Å². The summed E-state index contributed by atoms with van der Waals surface area (Å²) in [5.41, 5.74) is 0.745. The van der Waals surface area contributed by atoms with Crippen LogP contribution in [0.3, 0.4) is 0 Å². The third-order valence-electron chi connectivity index (χ3n) is 0.974. The molecule has 4 nitrogen and oxygen atoms in total. The van der Waals surface area contributed by atoms with E-state index in [1.165, 1.54) is 6.21 Å². The minimum Gasteiger partial charge on any atom is -0.392 e. The molecule has 0 saturated carbocycles. The second kappa shape index (κ2) is 4.27. The van der Waals surface area contributed by atoms with Crippen LogP contribution in [0.25, 0.3) is 0 Å². The second-order valence-corrected chi connectivity index (χ2v) is 1.82. The highest BCUT2D eigenvalue weighted by Gasteiger charge is 1.85. The van der Waals surface area contributed by atoms with Crippen LogP contribution in [0.15, 0.2) is 30.1 Å². The molecular weight excluding hydrogens is 142 g/mol. The van der Waals surface area contributed by atoms with E-state index in [0.29, 0.717) is 6.61 Å². The first kappa shape index (κ1) is 7.53. The minimum absolute atomic E-state index is 0.418. The van der Waals surface area contributed by atoms with Crippen molar-refractivity contribution in [2.75, 3.05) is 6.61 Å². The van der Waals surface area contributed by atoms with Crippen LogP contribution < -0.4 is 0 Å². The molecule has 0 saturated heterocycles. The van der Waals surface area contributed by atoms with E-state index < -0.39 is 0 Å². The van der Waals surface area contributed by atoms with Crippen molar-refractivity contribution in [3.05, 3.63) is 30.6 Å². The summed E-state index contributed by atoms with van der Waals surface area (Å²) < 4.78 is 0. The van der Waals surface area contributed by atoms with E-state index in [-0.39, 0.29) is 0 Å². The lowest BCUT2D eigenvalue weighted by Crippen LogP contribution is -1.84. The topological polar surface area (TPSA) is 50.3 Å². The highest BCUT2D eigenvalue weighted by molar-refractivity contribution is 5.75. The smallest absolute Gasteiger partial charge is 0.135 e. The largest absolute Gasteiger partial charge is 0.392 e. The molecule has 1 rings (SSSR count). The van der Waals surface area contributed by atoms with Gasteiger partial charge in [-0.1, -0.05) is 17.8 Å². The second-order valence-electron chi connectivity index (χ2n) is 1.82. The van der Waals surface area contributed by atoms with E-state index in [4.69, 9.17) is 4.84 Å². The van der Waals surface area contributed by atoms with Crippen LogP contribution in [0.1, 0.15) is 5.69 Å². The maximum Gasteiger partial charge on any atom is 0.135 e. The Bertz CT molecular complexity index is 228. The maximum absolute atomic E-state index is 4.75. The SMILES string of the molecule is C=CCO/N=C/c1cc[nH]n1. The number of aromatic amines is 1. The van der Waals surface area contributed by atoms with Crippen molar-refractivity contribution >= 4 is 6.21 Å². The van der Waals surface area contributed by atoms with Gasteiger partial charge in [-0.3, -0.25) is 5.10 Å². The molecule has 0 bridgehead atoms. The predicted molar refractivity (Wildman–Crippen MR) is 42.3 cm³/mol. The molecule has 1 aromatic heterocycles. The van der Waals surface area contributed by atoms with Crippen molar-refractivity contribution in [1.82, 2.24) is 10.2 Å². The van der Waals surface area contributed by atoms with Gasteiger partial charge in [-0.2, -0.15) is 5.10 Å². The number of nitrogens with one attached hydrogen (secondary N) is 1. The van der Waals surface area contributed by atoms with E-state index >= 15 is 0 Å². The van der Waals surface area contributed by atoms with Crippen LogP contribution in [0.5, 0.6) is 0 Å². The van der Waals surface area contributed by atoms with Crippen LogP contribution >= 0.6 is 0 Å². The van der Waals surface area contributed by atoms with Crippen molar-refractivity contribution < 1.29 is 4.84 Å². The van der Waals surface area contributed by atoms with Crippen molar-refractivity contribution in [2.24, 2.45) is 5.16 Å². The van der Waals surface area contributed by atoms with E-state index in [1.54, 1.807) is 18.3 Å². The molecule has 0 aliphatic rings. The van der Waals surface area contributed by atoms with E-state index in [2.05, 4.69) is 21.9 Å². The molecular formula is C7H9N3O. The van der Waals surface area contributed by atoms with Gasteiger partial charge in [-0.15, -0.1) is 0 Å². The summed E-state index contributed by atoms with van der Waals surface area (Å²) in [6.07, 6.45) is 4.87. The molecule has 0 amide bonds. The van der Waals surface area contributed by atoms with E-state index in [1.807, 2.05) is 0 Å². The van der Waals surface area contributed by atoms with Gasteiger partial charge < -0.3 is 4.84 Å². The summed E-state index contributed by atoms with van der Waals surface area (Å²) in [7, 11) is 0. The van der Waals surface area contributed by atoms with E-state index in [9.17, 15) is 0 Å². The van der Waals surface area contributed by atoms with Gasteiger partial charge in [0.25, 0.3) is 0 Å². The average molecular weight is 151 g/mol. The normalized spacial score (nSPS) is 10.2. The summed E-state index contributed by atoms with van der Waals surface area (Å²) in [5, 5.41) is 10.1. The first-order valence-electron chi connectivity index (χ1n) is 3.19. The Morgan fingerprint density at radius 1 is 1.82 bits per heavy atom. The van der Waals surface area contributed by atoms with E-state index in [0.717, 1.165) is 5.69 Å². The van der Waals surface area contributed by atoms with Gasteiger partial charge in [-0.25, -0.2) is 0 Å². The zero-order valence-electron chi connectivity index (χ0n) is 6.03. The Labute approximate surface area is 64.6 Å². The third-order valence-corrected chi connectivity index (χ3v) is 0.974. The number of hydrogen-bond acceptors (Lipinski definition) is 3. The fourth-order valence-electron chi connectivity index (χ4n) is 0.531. The van der Waals surface area contributed by atoms with Crippen LogP contribution in [0.2, 0.25) is 0 Å². The van der Waals surface area contributed by atoms with Gasteiger partial charge in [0.05, 0.1) is 6.21 Å². The molecule has 11 heavy (non-hydrogen) atoms. The zero-order valence-corrected chi connectivity index (χ0v) is 6.03. The van der Waals surface area contributed by atoms with Crippen molar-refractivity contribution in [3.63, 3.8) is 0 Å². The molecule has 0 aliphatic heterocycles. The monoisotopic (exact) mass is 151 g/mol. The number of hydrogen-bond donors (Lipinski definition) is 1. The van der Waals surface area contributed by atoms with Crippen LogP contribution in [-0.4, -0.2) is 23.0 Å². The van der Waals surface area contributed by atoms with Gasteiger partial charge in [0.2, 0.25) is 0 Å². The molecule has 4 heteroatoms. The summed E-state index contributed by atoms with van der Waals surface area (Å²) >= 11 is 0. The zero-order chi connectivity index (χ0) is 7.94. The van der Waals surface area contributed by atoms with Crippen molar-refractivity contribution in [2.45, 2.75) is 0 Å². The Kier molecular flexibility index (Phi) is 2.92. The van der Waals surface area contributed by atoms with Crippen LogP contribution in [0, 0.1) is 0 Å². The minimum atomic E-state index is 0.418. The molecule has 0 fully saturated rings. The first-order chi connectivity index (χ1) is 5.43. The summed E-state index contributed by atoms with van der Waals surface area (Å²) in [6, 6.07) is 1.79. The van der Waals surface area contributed by atoms with Gasteiger partial charge in [-0.05, 0) is 6.07 Å². The standard InChI is InChI=1S/C7H9N3O/c1-2-5-11-9-6-7-3-4-8-10-7/h2-4,6H,1,5H2,(H,8,10)/b9-6+. The third kappa shape index (κ3) is 2.66. The number of nitrogens with zero attached hydrogens (tertiary/aromatic N) is 2. The molecule has 0 aliphatic carbocycles. The molecule has 0 spiro atoms. The van der Waals surface area contributed by atoms with Crippen LogP contribution in [0.4, 0.5) is 0 Å². The lowest BCUT2D eigenvalue weighted by molar-refractivity contribution is 0.176. The van der Waals surface area contributed by atoms with Gasteiger partial charge in [0, 0.05) is 6.20 Å². The molecule has 0 unspecified atom stereocenters. The Morgan fingerprint density at radius 2 is 2.73 bits per heavy atom. The lowest BCUT2D eigenvalue weighted by atomic mass is 10.5. The Balaban J connectivity index is 2.31. The average Bonchev–Trinajstić information content (AvgIpc) is 2.50. The fraction of sp³-hybridized carbons (Fsp3) is 0.143. The number of oxime groups is 1. The fourth-order valence-corrected chi connectivity index (χ4v) is 0.531. The highest BCUT2D eigenvalue weighted by atomic mass is 16.6. The Hall–Kier alpha value is -1.58.